The lowest BCUT2D eigenvalue weighted by atomic mass is 10.1. The minimum atomic E-state index is -0.433. The van der Waals surface area contributed by atoms with Crippen molar-refractivity contribution in [3.05, 3.63) is 66.5 Å². The van der Waals surface area contributed by atoms with Gasteiger partial charge in [0.15, 0.2) is 12.1 Å². The molecular formula is C17H11BrClIN4O2. The number of hydrogen-bond donors (Lipinski definition) is 1. The fourth-order valence-electron chi connectivity index (χ4n) is 2.42. The summed E-state index contributed by atoms with van der Waals surface area (Å²) in [5.74, 6) is -0.0997. The van der Waals surface area contributed by atoms with Crippen LogP contribution in [0.2, 0.25) is 5.02 Å². The van der Waals surface area contributed by atoms with Crippen molar-refractivity contribution in [1.82, 2.24) is 14.8 Å². The number of benzene rings is 1. The van der Waals surface area contributed by atoms with Crippen LogP contribution in [0.15, 0.2) is 41.1 Å². The Hall–Kier alpha value is -1.78. The van der Waals surface area contributed by atoms with Crippen LogP contribution in [0.5, 0.6) is 0 Å². The van der Waals surface area contributed by atoms with Crippen LogP contribution in [-0.2, 0) is 0 Å². The standard InChI is InChI=1S/C17H11BrClIN4O2/c1-9-5-11(20)6-10(8-25)15(9)22-17(26)13-7-14(18)23-24(13)16-12(19)3-2-4-21-16/h2-8H,1H3,(H,22,26). The summed E-state index contributed by atoms with van der Waals surface area (Å²) < 4.78 is 2.72. The maximum absolute atomic E-state index is 12.9. The zero-order valence-corrected chi connectivity index (χ0v) is 17.8. The number of nitrogens with zero attached hydrogens (tertiary/aromatic N) is 3. The van der Waals surface area contributed by atoms with Crippen LogP contribution >= 0.6 is 50.1 Å². The summed E-state index contributed by atoms with van der Waals surface area (Å²) in [7, 11) is 0. The number of amides is 1. The summed E-state index contributed by atoms with van der Waals surface area (Å²) >= 11 is 11.6. The summed E-state index contributed by atoms with van der Waals surface area (Å²) in [6, 6.07) is 8.50. The van der Waals surface area contributed by atoms with E-state index < -0.39 is 5.91 Å². The molecule has 1 amide bonds. The highest BCUT2D eigenvalue weighted by Gasteiger charge is 2.20. The monoisotopic (exact) mass is 544 g/mol. The first kappa shape index (κ1) is 19.0. The molecule has 0 saturated heterocycles. The Morgan fingerprint density at radius 3 is 2.85 bits per heavy atom. The van der Waals surface area contributed by atoms with E-state index in [9.17, 15) is 9.59 Å². The van der Waals surface area contributed by atoms with E-state index in [0.29, 0.717) is 33.0 Å². The quantitative estimate of drug-likeness (QED) is 0.382. The minimum absolute atomic E-state index is 0.229. The normalized spacial score (nSPS) is 10.6. The molecule has 0 bridgehead atoms. The summed E-state index contributed by atoms with van der Waals surface area (Å²) in [6.07, 6.45) is 2.28. The van der Waals surface area contributed by atoms with E-state index in [1.165, 1.54) is 4.68 Å². The van der Waals surface area contributed by atoms with Gasteiger partial charge in [0.25, 0.3) is 5.91 Å². The minimum Gasteiger partial charge on any atom is -0.320 e. The number of rotatable bonds is 4. The average molecular weight is 546 g/mol. The molecule has 2 heterocycles. The third-order valence-electron chi connectivity index (χ3n) is 3.55. The Morgan fingerprint density at radius 1 is 1.38 bits per heavy atom. The number of aromatic nitrogens is 3. The van der Waals surface area contributed by atoms with Gasteiger partial charge in [0.05, 0.1) is 10.7 Å². The number of hydrogen-bond acceptors (Lipinski definition) is 4. The smallest absolute Gasteiger partial charge is 0.274 e. The Bertz CT molecular complexity index is 1020. The molecule has 1 aromatic carbocycles. The molecule has 0 spiro atoms. The number of aldehydes is 1. The van der Waals surface area contributed by atoms with E-state index in [-0.39, 0.29) is 5.69 Å². The highest BCUT2D eigenvalue weighted by atomic mass is 127. The second-order valence-corrected chi connectivity index (χ2v) is 7.80. The average Bonchev–Trinajstić information content (AvgIpc) is 2.99. The predicted molar refractivity (Wildman–Crippen MR) is 111 cm³/mol. The maximum atomic E-state index is 12.9. The molecule has 0 saturated carbocycles. The molecule has 0 aliphatic heterocycles. The van der Waals surface area contributed by atoms with E-state index in [1.807, 2.05) is 13.0 Å². The molecule has 0 unspecified atom stereocenters. The van der Waals surface area contributed by atoms with Crippen molar-refractivity contribution in [2.45, 2.75) is 6.92 Å². The van der Waals surface area contributed by atoms with Crippen LogP contribution in [0.3, 0.4) is 0 Å². The molecule has 0 fully saturated rings. The number of nitrogens with one attached hydrogen (secondary N) is 1. The summed E-state index contributed by atoms with van der Waals surface area (Å²) in [5, 5.41) is 7.39. The molecule has 0 aliphatic carbocycles. The van der Waals surface area contributed by atoms with Crippen LogP contribution in [0.25, 0.3) is 5.82 Å². The number of carbonyl (C=O) groups excluding carboxylic acids is 2. The number of carbonyl (C=O) groups is 2. The summed E-state index contributed by atoms with van der Waals surface area (Å²) in [5.41, 5.74) is 1.88. The van der Waals surface area contributed by atoms with Crippen molar-refractivity contribution in [3.63, 3.8) is 0 Å². The van der Waals surface area contributed by atoms with E-state index in [0.717, 1.165) is 9.13 Å². The van der Waals surface area contributed by atoms with Crippen molar-refractivity contribution < 1.29 is 9.59 Å². The largest absolute Gasteiger partial charge is 0.320 e. The third kappa shape index (κ3) is 3.81. The Balaban J connectivity index is 2.03. The first-order valence-corrected chi connectivity index (χ1v) is 9.59. The Morgan fingerprint density at radius 2 is 2.15 bits per heavy atom. The molecule has 0 radical (unpaired) electrons. The Labute approximate surface area is 176 Å². The van der Waals surface area contributed by atoms with Gasteiger partial charge in [0, 0.05) is 21.4 Å². The van der Waals surface area contributed by atoms with Gasteiger partial charge in [0.1, 0.15) is 10.3 Å². The highest BCUT2D eigenvalue weighted by molar-refractivity contribution is 14.1. The van der Waals surface area contributed by atoms with Gasteiger partial charge in [-0.25, -0.2) is 9.67 Å². The van der Waals surface area contributed by atoms with Crippen LogP contribution in [-0.4, -0.2) is 27.0 Å². The van der Waals surface area contributed by atoms with Crippen LogP contribution in [0, 0.1) is 10.5 Å². The predicted octanol–water partition coefficient (Wildman–Crippen LogP) is 4.66. The zero-order chi connectivity index (χ0) is 18.8. The molecule has 3 rings (SSSR count). The number of halogens is 3. The van der Waals surface area contributed by atoms with Gasteiger partial charge in [-0.3, -0.25) is 9.59 Å². The highest BCUT2D eigenvalue weighted by Crippen LogP contribution is 2.25. The maximum Gasteiger partial charge on any atom is 0.274 e. The molecule has 132 valence electrons. The van der Waals surface area contributed by atoms with E-state index in [2.05, 4.69) is 53.9 Å². The van der Waals surface area contributed by atoms with Crippen molar-refractivity contribution in [2.75, 3.05) is 5.32 Å². The first-order chi connectivity index (χ1) is 12.4. The molecule has 2 aromatic heterocycles. The second-order valence-electron chi connectivity index (χ2n) is 5.33. The SMILES string of the molecule is Cc1cc(I)cc(C=O)c1NC(=O)c1cc(Br)nn1-c1ncccc1Cl. The van der Waals surface area contributed by atoms with Gasteiger partial charge in [-0.2, -0.15) is 5.10 Å². The van der Waals surface area contributed by atoms with Crippen molar-refractivity contribution in [1.29, 1.82) is 0 Å². The lowest BCUT2D eigenvalue weighted by molar-refractivity contribution is 0.101. The topological polar surface area (TPSA) is 76.9 Å². The molecule has 1 N–H and O–H groups in total. The number of pyridine rings is 1. The van der Waals surface area contributed by atoms with Gasteiger partial charge in [-0.1, -0.05) is 11.6 Å². The fraction of sp³-hybridized carbons (Fsp3) is 0.0588. The van der Waals surface area contributed by atoms with Crippen LogP contribution < -0.4 is 5.32 Å². The molecule has 0 aliphatic rings. The zero-order valence-electron chi connectivity index (χ0n) is 13.3. The van der Waals surface area contributed by atoms with E-state index in [1.54, 1.807) is 30.5 Å². The number of aryl methyl sites for hydroxylation is 1. The molecule has 6 nitrogen and oxygen atoms in total. The molecule has 0 atom stereocenters. The van der Waals surface area contributed by atoms with Gasteiger partial charge in [-0.15, -0.1) is 0 Å². The van der Waals surface area contributed by atoms with Gasteiger partial charge in [0.2, 0.25) is 0 Å². The molecule has 26 heavy (non-hydrogen) atoms. The summed E-state index contributed by atoms with van der Waals surface area (Å²) in [4.78, 5) is 28.4. The van der Waals surface area contributed by atoms with Gasteiger partial charge < -0.3 is 5.32 Å². The van der Waals surface area contributed by atoms with Gasteiger partial charge in [-0.05, 0) is 75.3 Å². The molecular weight excluding hydrogens is 534 g/mol. The molecule has 9 heteroatoms. The van der Waals surface area contributed by atoms with E-state index in [4.69, 9.17) is 11.6 Å². The van der Waals surface area contributed by atoms with E-state index >= 15 is 0 Å². The molecule has 3 aromatic rings. The van der Waals surface area contributed by atoms with Crippen molar-refractivity contribution in [3.8, 4) is 5.82 Å². The number of anilines is 1. The summed E-state index contributed by atoms with van der Waals surface area (Å²) in [6.45, 7) is 1.83. The van der Waals surface area contributed by atoms with Crippen molar-refractivity contribution in [2.24, 2.45) is 0 Å². The lowest BCUT2D eigenvalue weighted by Gasteiger charge is -2.12. The van der Waals surface area contributed by atoms with Crippen molar-refractivity contribution >= 4 is 68.0 Å². The second kappa shape index (κ2) is 7.85. The Kier molecular flexibility index (Phi) is 5.73. The van der Waals surface area contributed by atoms with Crippen LogP contribution in [0.1, 0.15) is 26.4 Å². The third-order valence-corrected chi connectivity index (χ3v) is 4.85. The lowest BCUT2D eigenvalue weighted by Crippen LogP contribution is -2.19. The van der Waals surface area contributed by atoms with Crippen LogP contribution in [0.4, 0.5) is 5.69 Å². The van der Waals surface area contributed by atoms with Gasteiger partial charge >= 0.3 is 0 Å². The first-order valence-electron chi connectivity index (χ1n) is 7.34. The fourth-order valence-corrected chi connectivity index (χ4v) is 3.80.